The molecule has 0 fully saturated rings. The van der Waals surface area contributed by atoms with Crippen LogP contribution in [0, 0.1) is 6.92 Å². The summed E-state index contributed by atoms with van der Waals surface area (Å²) in [7, 11) is 1.83. The summed E-state index contributed by atoms with van der Waals surface area (Å²) in [6.45, 7) is 3.60. The molecule has 2 N–H and O–H groups in total. The molecular formula is C24H24N4O2. The quantitative estimate of drug-likeness (QED) is 0.530. The monoisotopic (exact) mass is 400 g/mol. The van der Waals surface area contributed by atoms with Gasteiger partial charge in [0.2, 0.25) is 5.91 Å². The van der Waals surface area contributed by atoms with Crippen molar-refractivity contribution in [2.75, 3.05) is 10.6 Å². The maximum Gasteiger partial charge on any atom is 0.295 e. The number of fused-ring (bicyclic) bond motifs is 1. The molecule has 0 saturated carbocycles. The molecule has 1 heterocycles. The van der Waals surface area contributed by atoms with Crippen LogP contribution in [0.3, 0.4) is 0 Å². The van der Waals surface area contributed by atoms with Gasteiger partial charge in [-0.05, 0) is 48.9 Å². The Morgan fingerprint density at radius 1 is 0.933 bits per heavy atom. The van der Waals surface area contributed by atoms with Crippen LogP contribution in [0.5, 0.6) is 0 Å². The average Bonchev–Trinajstić information content (AvgIpc) is 2.97. The van der Waals surface area contributed by atoms with E-state index >= 15 is 0 Å². The van der Waals surface area contributed by atoms with E-state index in [9.17, 15) is 9.59 Å². The van der Waals surface area contributed by atoms with Gasteiger partial charge < -0.3 is 10.6 Å². The van der Waals surface area contributed by atoms with Crippen LogP contribution in [0.1, 0.15) is 12.6 Å². The summed E-state index contributed by atoms with van der Waals surface area (Å²) in [5, 5.41) is 8.20. The molecule has 0 aliphatic carbocycles. The first-order valence-corrected chi connectivity index (χ1v) is 9.86. The molecule has 30 heavy (non-hydrogen) atoms. The predicted octanol–water partition coefficient (Wildman–Crippen LogP) is 4.08. The maximum absolute atomic E-state index is 13.0. The van der Waals surface area contributed by atoms with Crippen LogP contribution in [0.4, 0.5) is 11.4 Å². The second kappa shape index (κ2) is 7.91. The predicted molar refractivity (Wildman–Crippen MR) is 121 cm³/mol. The molecule has 0 bridgehead atoms. The molecule has 0 aliphatic heterocycles. The zero-order valence-corrected chi connectivity index (χ0v) is 17.2. The molecule has 6 nitrogen and oxygen atoms in total. The van der Waals surface area contributed by atoms with Gasteiger partial charge in [-0.25, -0.2) is 4.68 Å². The molecule has 4 aromatic rings. The van der Waals surface area contributed by atoms with Crippen molar-refractivity contribution < 1.29 is 4.79 Å². The van der Waals surface area contributed by atoms with Crippen molar-refractivity contribution in [1.82, 2.24) is 9.36 Å². The lowest BCUT2D eigenvalue weighted by Crippen LogP contribution is -2.34. The van der Waals surface area contributed by atoms with Crippen molar-refractivity contribution in [3.05, 3.63) is 88.8 Å². The minimum Gasteiger partial charge on any atom is -0.368 e. The van der Waals surface area contributed by atoms with E-state index in [0.717, 1.165) is 27.8 Å². The van der Waals surface area contributed by atoms with Crippen LogP contribution < -0.4 is 16.2 Å². The van der Waals surface area contributed by atoms with Crippen molar-refractivity contribution in [3.63, 3.8) is 0 Å². The Bertz CT molecular complexity index is 1270. The summed E-state index contributed by atoms with van der Waals surface area (Å²) < 4.78 is 3.37. The van der Waals surface area contributed by atoms with Crippen molar-refractivity contribution in [1.29, 1.82) is 0 Å². The van der Waals surface area contributed by atoms with E-state index in [4.69, 9.17) is 0 Å². The minimum atomic E-state index is -0.588. The molecule has 152 valence electrons. The number of amides is 1. The number of para-hydroxylation sites is 1. The Balaban J connectivity index is 1.55. The first-order chi connectivity index (χ1) is 14.5. The Hall–Kier alpha value is -3.80. The summed E-state index contributed by atoms with van der Waals surface area (Å²) in [6.07, 6.45) is 0. The van der Waals surface area contributed by atoms with Crippen LogP contribution in [0.2, 0.25) is 0 Å². The highest BCUT2D eigenvalue weighted by atomic mass is 16.2. The molecule has 6 heteroatoms. The van der Waals surface area contributed by atoms with Crippen molar-refractivity contribution >= 4 is 28.1 Å². The van der Waals surface area contributed by atoms with E-state index in [0.29, 0.717) is 5.69 Å². The van der Waals surface area contributed by atoms with Gasteiger partial charge in [0, 0.05) is 12.7 Å². The molecule has 1 aromatic heterocycles. The molecule has 0 saturated heterocycles. The fraction of sp³-hybridized carbons (Fsp3) is 0.167. The number of carbonyl (C=O) groups excluding carboxylic acids is 1. The SMILES string of the molecule is Cc1c(N[C@H](C)C(=O)Nc2ccc3ccccc3c2)c(=O)n(-c2ccccc2)n1C. The highest BCUT2D eigenvalue weighted by Crippen LogP contribution is 2.20. The van der Waals surface area contributed by atoms with E-state index in [1.165, 1.54) is 0 Å². The Morgan fingerprint density at radius 3 is 2.33 bits per heavy atom. The van der Waals surface area contributed by atoms with Crippen LogP contribution in [-0.2, 0) is 11.8 Å². The number of aromatic nitrogens is 2. The number of hydrogen-bond acceptors (Lipinski definition) is 3. The number of anilines is 2. The Labute approximate surface area is 174 Å². The van der Waals surface area contributed by atoms with E-state index in [1.54, 1.807) is 16.3 Å². The van der Waals surface area contributed by atoms with E-state index in [1.807, 2.05) is 86.8 Å². The molecule has 0 spiro atoms. The van der Waals surface area contributed by atoms with Crippen LogP contribution in [0.25, 0.3) is 16.5 Å². The van der Waals surface area contributed by atoms with Crippen LogP contribution in [0.15, 0.2) is 77.6 Å². The number of benzene rings is 3. The summed E-state index contributed by atoms with van der Waals surface area (Å²) in [5.41, 5.74) is 2.48. The largest absolute Gasteiger partial charge is 0.368 e. The third kappa shape index (κ3) is 3.59. The molecular weight excluding hydrogens is 376 g/mol. The molecule has 4 rings (SSSR count). The topological polar surface area (TPSA) is 68.1 Å². The van der Waals surface area contributed by atoms with Crippen LogP contribution in [-0.4, -0.2) is 21.3 Å². The summed E-state index contributed by atoms with van der Waals surface area (Å²) in [4.78, 5) is 25.8. The third-order valence-electron chi connectivity index (χ3n) is 5.33. The van der Waals surface area contributed by atoms with Gasteiger partial charge in [0.1, 0.15) is 11.7 Å². The van der Waals surface area contributed by atoms with Gasteiger partial charge >= 0.3 is 0 Å². The van der Waals surface area contributed by atoms with Gasteiger partial charge in [0.25, 0.3) is 5.56 Å². The molecule has 1 amide bonds. The third-order valence-corrected chi connectivity index (χ3v) is 5.33. The Morgan fingerprint density at radius 2 is 1.60 bits per heavy atom. The van der Waals surface area contributed by atoms with Crippen molar-refractivity contribution in [2.45, 2.75) is 19.9 Å². The molecule has 0 radical (unpaired) electrons. The number of hydrogen-bond donors (Lipinski definition) is 2. The van der Waals surface area contributed by atoms with Gasteiger partial charge in [0.05, 0.1) is 11.4 Å². The lowest BCUT2D eigenvalue weighted by molar-refractivity contribution is -0.116. The fourth-order valence-corrected chi connectivity index (χ4v) is 3.53. The second-order valence-corrected chi connectivity index (χ2v) is 7.35. The zero-order chi connectivity index (χ0) is 21.3. The molecule has 1 atom stereocenters. The van der Waals surface area contributed by atoms with Crippen molar-refractivity contribution in [2.24, 2.45) is 7.05 Å². The normalized spacial score (nSPS) is 12.0. The van der Waals surface area contributed by atoms with Gasteiger partial charge in [0.15, 0.2) is 0 Å². The number of rotatable bonds is 5. The first kappa shape index (κ1) is 19.5. The Kier molecular flexibility index (Phi) is 5.14. The standard InChI is InChI=1S/C24H24N4O2/c1-16(23(29)26-20-14-13-18-9-7-8-10-19(18)15-20)25-22-17(2)27(3)28(24(22)30)21-11-5-4-6-12-21/h4-16,25H,1-3H3,(H,26,29)/t16-/m1/s1. The number of carbonyl (C=O) groups is 1. The lowest BCUT2D eigenvalue weighted by Gasteiger charge is -2.14. The van der Waals surface area contributed by atoms with Gasteiger partial charge in [-0.3, -0.25) is 14.3 Å². The minimum absolute atomic E-state index is 0.188. The lowest BCUT2D eigenvalue weighted by atomic mass is 10.1. The summed E-state index contributed by atoms with van der Waals surface area (Å²) >= 11 is 0. The highest BCUT2D eigenvalue weighted by Gasteiger charge is 2.20. The maximum atomic E-state index is 13.0. The molecule has 0 aliphatic rings. The fourth-order valence-electron chi connectivity index (χ4n) is 3.53. The second-order valence-electron chi connectivity index (χ2n) is 7.35. The van der Waals surface area contributed by atoms with Crippen molar-refractivity contribution in [3.8, 4) is 5.69 Å². The van der Waals surface area contributed by atoms with Gasteiger partial charge in [-0.2, -0.15) is 0 Å². The number of nitrogens with one attached hydrogen (secondary N) is 2. The molecule has 3 aromatic carbocycles. The summed E-state index contributed by atoms with van der Waals surface area (Å²) in [5.74, 6) is -0.209. The van der Waals surface area contributed by atoms with E-state index in [-0.39, 0.29) is 11.5 Å². The van der Waals surface area contributed by atoms with Gasteiger partial charge in [-0.1, -0.05) is 48.5 Å². The average molecular weight is 400 g/mol. The van der Waals surface area contributed by atoms with E-state index in [2.05, 4.69) is 10.6 Å². The van der Waals surface area contributed by atoms with E-state index < -0.39 is 6.04 Å². The smallest absolute Gasteiger partial charge is 0.295 e. The number of nitrogens with zero attached hydrogens (tertiary/aromatic N) is 2. The first-order valence-electron chi connectivity index (χ1n) is 9.86. The molecule has 0 unspecified atom stereocenters. The zero-order valence-electron chi connectivity index (χ0n) is 17.2. The summed E-state index contributed by atoms with van der Waals surface area (Å²) in [6, 6.07) is 22.6. The van der Waals surface area contributed by atoms with Gasteiger partial charge in [-0.15, -0.1) is 0 Å². The highest BCUT2D eigenvalue weighted by molar-refractivity contribution is 5.98. The van der Waals surface area contributed by atoms with Crippen LogP contribution >= 0.6 is 0 Å².